The van der Waals surface area contributed by atoms with Crippen LogP contribution in [0.5, 0.6) is 11.5 Å². The lowest BCUT2D eigenvalue weighted by Gasteiger charge is -2.24. The van der Waals surface area contributed by atoms with Gasteiger partial charge in [0.1, 0.15) is 24.4 Å². The van der Waals surface area contributed by atoms with Crippen molar-refractivity contribution in [3.63, 3.8) is 0 Å². The number of amides is 3. The predicted octanol–water partition coefficient (Wildman–Crippen LogP) is 1.64. The molecule has 0 spiro atoms. The molecule has 2 atom stereocenters. The van der Waals surface area contributed by atoms with Gasteiger partial charge in [0.25, 0.3) is 0 Å². The van der Waals surface area contributed by atoms with Crippen molar-refractivity contribution >= 4 is 35.2 Å². The molecule has 0 radical (unpaired) electrons. The maximum Gasteiger partial charge on any atom is 0.313 e. The van der Waals surface area contributed by atoms with Gasteiger partial charge in [0.2, 0.25) is 17.5 Å². The van der Waals surface area contributed by atoms with E-state index >= 15 is 0 Å². The molecule has 2 aromatic rings. The molecule has 0 heterocycles. The SMILES string of the molecule is CC(C)C(NC(=O)C(=O)Nc1ccc(O)cc1)C(=O)NC(CC(=O)O)C(=O)COc1c(F)c(F)cc(F)c1F. The van der Waals surface area contributed by atoms with E-state index in [0.717, 1.165) is 0 Å². The first-order chi connectivity index (χ1) is 18.2. The molecule has 0 aliphatic heterocycles. The van der Waals surface area contributed by atoms with Crippen LogP contribution in [0.3, 0.4) is 0 Å². The Labute approximate surface area is 218 Å². The molecule has 0 bridgehead atoms. The van der Waals surface area contributed by atoms with Crippen molar-refractivity contribution in [1.82, 2.24) is 10.6 Å². The van der Waals surface area contributed by atoms with E-state index in [1.807, 2.05) is 0 Å². The number of anilines is 1. The van der Waals surface area contributed by atoms with Crippen LogP contribution in [-0.2, 0) is 24.0 Å². The number of carbonyl (C=O) groups excluding carboxylic acids is 4. The first kappa shape index (κ1) is 30.5. The predicted molar refractivity (Wildman–Crippen MR) is 124 cm³/mol. The summed E-state index contributed by atoms with van der Waals surface area (Å²) in [7, 11) is 0. The molecule has 15 heteroatoms. The van der Waals surface area contributed by atoms with Crippen LogP contribution in [0.25, 0.3) is 0 Å². The zero-order valence-electron chi connectivity index (χ0n) is 20.4. The lowest BCUT2D eigenvalue weighted by atomic mass is 10.0. The summed E-state index contributed by atoms with van der Waals surface area (Å²) in [6, 6.07) is 1.69. The number of ether oxygens (including phenoxy) is 1. The Kier molecular flexibility index (Phi) is 10.3. The van der Waals surface area contributed by atoms with Crippen LogP contribution >= 0.6 is 0 Å². The first-order valence-corrected chi connectivity index (χ1v) is 11.1. The Balaban J connectivity index is 2.11. The van der Waals surface area contributed by atoms with E-state index in [1.165, 1.54) is 38.1 Å². The van der Waals surface area contributed by atoms with Gasteiger partial charge >= 0.3 is 17.8 Å². The highest BCUT2D eigenvalue weighted by Crippen LogP contribution is 2.26. The third-order valence-electron chi connectivity index (χ3n) is 5.08. The van der Waals surface area contributed by atoms with Crippen molar-refractivity contribution in [3.8, 4) is 11.5 Å². The van der Waals surface area contributed by atoms with Crippen LogP contribution in [0.15, 0.2) is 30.3 Å². The standard InChI is InChI=1S/C24H23F4N3O8/c1-10(2)20(31-24(38)23(37)29-11-3-5-12(32)6-4-11)22(36)30-15(8-17(34)35)16(33)9-39-21-18(27)13(25)7-14(26)19(21)28/h3-7,10,15,20,32H,8-9H2,1-2H3,(H,29,37)(H,30,36)(H,31,38)(H,34,35). The molecule has 2 unspecified atom stereocenters. The molecule has 39 heavy (non-hydrogen) atoms. The van der Waals surface area contributed by atoms with Crippen LogP contribution in [0, 0.1) is 29.2 Å². The number of rotatable bonds is 11. The number of phenols is 1. The number of aliphatic carboxylic acids is 1. The van der Waals surface area contributed by atoms with Crippen molar-refractivity contribution in [2.75, 3.05) is 11.9 Å². The Morgan fingerprint density at radius 2 is 1.46 bits per heavy atom. The Hall–Kier alpha value is -4.69. The molecule has 0 aliphatic carbocycles. The molecule has 0 aromatic heterocycles. The number of phenolic OH excluding ortho intramolecular Hbond substituents is 1. The highest BCUT2D eigenvalue weighted by molar-refractivity contribution is 6.40. The second kappa shape index (κ2) is 13.2. The number of nitrogens with one attached hydrogen (secondary N) is 3. The van der Waals surface area contributed by atoms with E-state index in [-0.39, 0.29) is 17.5 Å². The summed E-state index contributed by atoms with van der Waals surface area (Å²) in [6.07, 6.45) is -1.03. The maximum atomic E-state index is 13.8. The van der Waals surface area contributed by atoms with Gasteiger partial charge in [0.15, 0.2) is 23.2 Å². The zero-order chi connectivity index (χ0) is 29.4. The van der Waals surface area contributed by atoms with Crippen LogP contribution < -0.4 is 20.7 Å². The number of Topliss-reactive ketones (excluding diaryl/α,β-unsaturated/α-hetero) is 1. The highest BCUT2D eigenvalue weighted by atomic mass is 19.2. The van der Waals surface area contributed by atoms with Gasteiger partial charge in [-0.3, -0.25) is 24.0 Å². The molecule has 0 fully saturated rings. The largest absolute Gasteiger partial charge is 0.508 e. The number of hydrogen-bond acceptors (Lipinski definition) is 7. The molecule has 11 nitrogen and oxygen atoms in total. The molecule has 0 saturated heterocycles. The minimum absolute atomic E-state index is 0.0852. The quantitative estimate of drug-likeness (QED) is 0.120. The van der Waals surface area contributed by atoms with E-state index in [4.69, 9.17) is 5.11 Å². The zero-order valence-corrected chi connectivity index (χ0v) is 20.4. The monoisotopic (exact) mass is 557 g/mol. The molecule has 5 N–H and O–H groups in total. The smallest absolute Gasteiger partial charge is 0.313 e. The van der Waals surface area contributed by atoms with Crippen molar-refractivity contribution in [2.24, 2.45) is 5.92 Å². The van der Waals surface area contributed by atoms with Crippen LogP contribution in [-0.4, -0.2) is 58.4 Å². The number of benzene rings is 2. The minimum atomic E-state index is -1.94. The van der Waals surface area contributed by atoms with Gasteiger partial charge in [-0.15, -0.1) is 0 Å². The normalized spacial score (nSPS) is 12.3. The fraction of sp³-hybridized carbons (Fsp3) is 0.292. The lowest BCUT2D eigenvalue weighted by molar-refractivity contribution is -0.141. The number of carbonyl (C=O) groups is 5. The van der Waals surface area contributed by atoms with Gasteiger partial charge < -0.3 is 30.9 Å². The molecule has 3 amide bonds. The fourth-order valence-electron chi connectivity index (χ4n) is 3.08. The average Bonchev–Trinajstić information content (AvgIpc) is 2.86. The van der Waals surface area contributed by atoms with Gasteiger partial charge in [-0.1, -0.05) is 13.8 Å². The molecule has 2 aromatic carbocycles. The maximum absolute atomic E-state index is 13.8. The van der Waals surface area contributed by atoms with E-state index in [0.29, 0.717) is 0 Å². The van der Waals surface area contributed by atoms with Crippen molar-refractivity contribution in [2.45, 2.75) is 32.4 Å². The second-order valence-corrected chi connectivity index (χ2v) is 8.41. The van der Waals surface area contributed by atoms with Gasteiger partial charge in [-0.25, -0.2) is 8.78 Å². The minimum Gasteiger partial charge on any atom is -0.508 e. The van der Waals surface area contributed by atoms with Gasteiger partial charge in [-0.2, -0.15) is 8.78 Å². The third kappa shape index (κ3) is 8.41. The number of aromatic hydroxyl groups is 1. The van der Waals surface area contributed by atoms with Gasteiger partial charge in [-0.05, 0) is 30.2 Å². The summed E-state index contributed by atoms with van der Waals surface area (Å²) >= 11 is 0. The van der Waals surface area contributed by atoms with Crippen molar-refractivity contribution in [3.05, 3.63) is 53.6 Å². The number of hydrogen-bond donors (Lipinski definition) is 5. The van der Waals surface area contributed by atoms with Crippen molar-refractivity contribution in [1.29, 1.82) is 0 Å². The number of halogens is 4. The van der Waals surface area contributed by atoms with E-state index in [1.54, 1.807) is 0 Å². The summed E-state index contributed by atoms with van der Waals surface area (Å²) in [6.45, 7) is 1.63. The third-order valence-corrected chi connectivity index (χ3v) is 5.08. The summed E-state index contributed by atoms with van der Waals surface area (Å²) in [5, 5.41) is 24.8. The lowest BCUT2D eigenvalue weighted by Crippen LogP contribution is -2.56. The molecular formula is C24H23F4N3O8. The highest BCUT2D eigenvalue weighted by Gasteiger charge is 2.32. The first-order valence-electron chi connectivity index (χ1n) is 11.1. The van der Waals surface area contributed by atoms with E-state index in [9.17, 15) is 46.6 Å². The fourth-order valence-corrected chi connectivity index (χ4v) is 3.08. The van der Waals surface area contributed by atoms with Crippen LogP contribution in [0.4, 0.5) is 23.2 Å². The van der Waals surface area contributed by atoms with Crippen molar-refractivity contribution < 1.29 is 56.5 Å². The molecule has 0 aliphatic rings. The number of carboxylic acids is 1. The van der Waals surface area contributed by atoms with Gasteiger partial charge in [0.05, 0.1) is 6.42 Å². The molecular weight excluding hydrogens is 534 g/mol. The van der Waals surface area contributed by atoms with E-state index < -0.39 is 89.5 Å². The number of ketones is 1. The van der Waals surface area contributed by atoms with E-state index in [2.05, 4.69) is 20.7 Å². The number of carboxylic acid groups (broad SMARTS) is 1. The molecule has 210 valence electrons. The Bertz CT molecular complexity index is 1240. The van der Waals surface area contributed by atoms with Crippen LogP contribution in [0.1, 0.15) is 20.3 Å². The van der Waals surface area contributed by atoms with Crippen LogP contribution in [0.2, 0.25) is 0 Å². The summed E-state index contributed by atoms with van der Waals surface area (Å²) in [5.41, 5.74) is 0.150. The summed E-state index contributed by atoms with van der Waals surface area (Å²) in [4.78, 5) is 61.1. The summed E-state index contributed by atoms with van der Waals surface area (Å²) in [5.74, 6) is -16.2. The second-order valence-electron chi connectivity index (χ2n) is 8.41. The molecule has 2 rings (SSSR count). The van der Waals surface area contributed by atoms with Gasteiger partial charge in [0, 0.05) is 11.8 Å². The molecule has 0 saturated carbocycles. The summed E-state index contributed by atoms with van der Waals surface area (Å²) < 4.78 is 58.8. The Morgan fingerprint density at radius 3 is 1.97 bits per heavy atom. The Morgan fingerprint density at radius 1 is 0.897 bits per heavy atom. The average molecular weight is 557 g/mol. The topological polar surface area (TPSA) is 171 Å².